The van der Waals surface area contributed by atoms with Crippen molar-refractivity contribution >= 4 is 41.6 Å². The van der Waals surface area contributed by atoms with Crippen molar-refractivity contribution in [2.75, 3.05) is 0 Å². The van der Waals surface area contributed by atoms with Crippen LogP contribution >= 0.6 is 0 Å². The number of halogens is 13. The first-order valence-corrected chi connectivity index (χ1v) is 41.2. The fourth-order valence-electron chi connectivity index (χ4n) is 14.4. The predicted molar refractivity (Wildman–Crippen MR) is 429 cm³/mol. The lowest BCUT2D eigenvalue weighted by atomic mass is 9.65. The van der Waals surface area contributed by atoms with E-state index in [2.05, 4.69) is 0 Å². The highest BCUT2D eigenvalue weighted by molar-refractivity contribution is 7.91. The summed E-state index contributed by atoms with van der Waals surface area (Å²) in [5, 5.41) is 9.58. The van der Waals surface area contributed by atoms with Gasteiger partial charge in [0.2, 0.25) is 20.7 Å². The molecule has 0 radical (unpaired) electrons. The number of benzene rings is 14. The molecule has 0 atom stereocenters. The zero-order valence-electron chi connectivity index (χ0n) is 63.6. The summed E-state index contributed by atoms with van der Waals surface area (Å²) in [5.41, 5.74) is -12.8. The van der Waals surface area contributed by atoms with E-state index in [1.54, 1.807) is 72.8 Å². The molecule has 0 aliphatic carbocycles. The molecule has 0 aliphatic heterocycles. The summed E-state index contributed by atoms with van der Waals surface area (Å²) in [7, 11) is -13.8. The molecule has 14 aromatic rings. The molecule has 0 aromatic heterocycles. The van der Waals surface area contributed by atoms with Crippen LogP contribution in [0.4, 0.5) is 57.1 Å². The standard InChI is InChI=1S/C93H59F13O16S3/c94-69-25-1-57(2-26-69)85(108)58-3-29-71(30-4-58)118-74-35-11-61(12-36-74)87(63-21-49-83(50-22-63)124(112,113)114,64-23-51-84(52-24-64)125(115,116)117)62-13-37-75(38-14-62)119-72-31-5-59(6-32-72)86(109)60-7-33-73(34-8-60)120-76-39-17-67(18-40-76)89(92(101,102)103,93(104,105)106)68-19-43-78(44-20-68)122-80-47-55-82(56-48-80)123(110,111)81-53-45-79(46-54-81)121-77-41-15-66(16-42-77)88(90(95,96)97,91(98,99)100)65-9-27-70(107)28-10-65/h1-56,107H,(H,112,113,114)(H,115,116,117). The Morgan fingerprint density at radius 3 is 0.608 bits per heavy atom. The maximum Gasteiger partial charge on any atom is 0.411 e. The molecule has 3 N–H and O–H groups in total. The van der Waals surface area contributed by atoms with Gasteiger partial charge in [0.15, 0.2) is 11.6 Å². The number of carbonyl (C=O) groups is 2. The second-order valence-corrected chi connectivity index (χ2v) is 32.9. The van der Waals surface area contributed by atoms with E-state index in [0.717, 1.165) is 84.9 Å². The first kappa shape index (κ1) is 87.4. The van der Waals surface area contributed by atoms with Crippen molar-refractivity contribution < 1.29 is 130 Å². The summed E-state index contributed by atoms with van der Waals surface area (Å²) in [6.45, 7) is 0. The van der Waals surface area contributed by atoms with E-state index >= 15 is 26.3 Å². The molecule has 0 aliphatic rings. The van der Waals surface area contributed by atoms with Crippen LogP contribution in [-0.4, -0.2) is 75.7 Å². The van der Waals surface area contributed by atoms with Crippen molar-refractivity contribution in [3.63, 3.8) is 0 Å². The Balaban J connectivity index is 0.624. The molecular formula is C93H59F13O16S3. The van der Waals surface area contributed by atoms with Gasteiger partial charge in [0.25, 0.3) is 20.2 Å². The minimum atomic E-state index is -6.02. The summed E-state index contributed by atoms with van der Waals surface area (Å²) < 4.78 is 320. The van der Waals surface area contributed by atoms with E-state index in [-0.39, 0.29) is 78.3 Å². The highest BCUT2D eigenvalue weighted by Crippen LogP contribution is 2.59. The molecule has 0 heterocycles. The smallest absolute Gasteiger partial charge is 0.411 e. The maximum absolute atomic E-state index is 15.4. The van der Waals surface area contributed by atoms with Crippen LogP contribution in [0.5, 0.6) is 63.2 Å². The summed E-state index contributed by atoms with van der Waals surface area (Å²) in [5.74, 6) is -1.58. The Hall–Kier alpha value is -13.9. The number of rotatable bonds is 26. The lowest BCUT2D eigenvalue weighted by Crippen LogP contribution is -2.54. The van der Waals surface area contributed by atoms with Gasteiger partial charge in [-0.05, 0) is 287 Å². The average molecular weight is 1780 g/mol. The van der Waals surface area contributed by atoms with Gasteiger partial charge in [-0.3, -0.25) is 18.7 Å². The van der Waals surface area contributed by atoms with E-state index in [0.29, 0.717) is 100.0 Å². The minimum Gasteiger partial charge on any atom is -0.508 e. The van der Waals surface area contributed by atoms with Crippen LogP contribution in [-0.2, 0) is 46.3 Å². The van der Waals surface area contributed by atoms with Crippen molar-refractivity contribution in [1.82, 2.24) is 0 Å². The normalized spacial score (nSPS) is 12.6. The minimum absolute atomic E-state index is 0.0300. The number of hydrogen-bond acceptors (Lipinski definition) is 14. The van der Waals surface area contributed by atoms with E-state index < -0.39 is 120 Å². The van der Waals surface area contributed by atoms with Gasteiger partial charge in [0, 0.05) is 22.3 Å². The molecule has 32 heteroatoms. The highest BCUT2D eigenvalue weighted by atomic mass is 32.2. The molecule has 636 valence electrons. The zero-order chi connectivity index (χ0) is 89.5. The molecule has 0 bridgehead atoms. The van der Waals surface area contributed by atoms with Crippen molar-refractivity contribution in [3.8, 4) is 63.2 Å². The van der Waals surface area contributed by atoms with Gasteiger partial charge >= 0.3 is 24.7 Å². The fraction of sp³-hybridized carbons (Fsp3) is 0.0753. The molecule has 0 unspecified atom stereocenters. The van der Waals surface area contributed by atoms with E-state index in [4.69, 9.17) is 23.7 Å². The highest BCUT2D eigenvalue weighted by Gasteiger charge is 2.74. The number of hydrogen-bond donors (Lipinski definition) is 3. The van der Waals surface area contributed by atoms with Crippen LogP contribution in [0.25, 0.3) is 0 Å². The Labute approximate surface area is 703 Å². The first-order valence-electron chi connectivity index (χ1n) is 36.8. The van der Waals surface area contributed by atoms with Crippen LogP contribution in [0.1, 0.15) is 76.4 Å². The zero-order valence-corrected chi connectivity index (χ0v) is 66.1. The van der Waals surface area contributed by atoms with Crippen molar-refractivity contribution in [2.45, 2.75) is 60.5 Å². The molecule has 0 fully saturated rings. The summed E-state index contributed by atoms with van der Waals surface area (Å²) in [6.07, 6.45) is -23.9. The van der Waals surface area contributed by atoms with Crippen LogP contribution in [0.15, 0.2) is 359 Å². The van der Waals surface area contributed by atoms with Crippen molar-refractivity contribution in [2.24, 2.45) is 0 Å². The number of alkyl halides is 12. The van der Waals surface area contributed by atoms with Crippen molar-refractivity contribution in [3.05, 3.63) is 412 Å². The topological polar surface area (TPSA) is 243 Å². The van der Waals surface area contributed by atoms with E-state index in [9.17, 15) is 79.8 Å². The van der Waals surface area contributed by atoms with E-state index in [1.807, 2.05) is 0 Å². The Kier molecular flexibility index (Phi) is 23.6. The van der Waals surface area contributed by atoms with Gasteiger partial charge in [-0.15, -0.1) is 0 Å². The number of ether oxygens (including phenoxy) is 5. The molecule has 16 nitrogen and oxygen atoms in total. The lowest BCUT2D eigenvalue weighted by Gasteiger charge is -2.38. The predicted octanol–water partition coefficient (Wildman–Crippen LogP) is 23.5. The van der Waals surface area contributed by atoms with Gasteiger partial charge in [-0.25, -0.2) is 12.8 Å². The SMILES string of the molecule is O=C(c1ccc(F)cc1)c1ccc(Oc2ccc(C(c3ccc(Oc4ccc(C(=O)c5ccc(Oc6ccc(C(c7ccc(Oc8ccc(S(=O)(=O)c9ccc(Oc%10ccc(C(c%11ccc(O)cc%11)(C(F)(F)F)C(F)(F)F)cc%10)cc9)cc8)cc7)(C(F)(F)F)C(F)(F)F)cc6)cc5)cc4)cc3)(c3ccc(S(=O)(=O)O)cc3)c3ccc(S(=O)(=O)O)cc3)cc2)cc1. The second-order valence-electron chi connectivity index (χ2n) is 28.1. The van der Waals surface area contributed by atoms with Gasteiger partial charge in [0.05, 0.1) is 25.0 Å². The Morgan fingerprint density at radius 2 is 0.400 bits per heavy atom. The quantitative estimate of drug-likeness (QED) is 0.0197. The largest absolute Gasteiger partial charge is 0.508 e. The maximum atomic E-state index is 15.4. The van der Waals surface area contributed by atoms with Crippen LogP contribution in [0, 0.1) is 5.82 Å². The molecule has 14 aromatic carbocycles. The molecule has 0 amide bonds. The van der Waals surface area contributed by atoms with Crippen molar-refractivity contribution in [1.29, 1.82) is 0 Å². The van der Waals surface area contributed by atoms with Gasteiger partial charge in [0.1, 0.15) is 69.1 Å². The molecule has 14 rings (SSSR count). The number of phenols is 1. The van der Waals surface area contributed by atoms with Crippen LogP contribution < -0.4 is 23.7 Å². The third kappa shape index (κ3) is 17.6. The summed E-state index contributed by atoms with van der Waals surface area (Å²) in [6, 6.07) is 66.5. The number of aromatic hydroxyl groups is 1. The second kappa shape index (κ2) is 33.7. The van der Waals surface area contributed by atoms with Gasteiger partial charge in [-0.1, -0.05) is 97.1 Å². The first-order chi connectivity index (χ1) is 59.1. The third-order valence-electron chi connectivity index (χ3n) is 20.5. The lowest BCUT2D eigenvalue weighted by molar-refractivity contribution is -0.290. The molecule has 0 saturated carbocycles. The summed E-state index contributed by atoms with van der Waals surface area (Å²) in [4.78, 5) is 25.4. The third-order valence-corrected chi connectivity index (χ3v) is 24.0. The van der Waals surface area contributed by atoms with Crippen LogP contribution in [0.2, 0.25) is 0 Å². The Morgan fingerprint density at radius 1 is 0.232 bits per heavy atom. The van der Waals surface area contributed by atoms with E-state index in [1.165, 1.54) is 121 Å². The molecule has 0 saturated heterocycles. The average Bonchev–Trinajstić information content (AvgIpc) is 0.738. The van der Waals surface area contributed by atoms with Gasteiger partial charge in [-0.2, -0.15) is 69.5 Å². The molecular weight excluding hydrogens is 1720 g/mol. The monoisotopic (exact) mass is 1770 g/mol. The van der Waals surface area contributed by atoms with Gasteiger partial charge < -0.3 is 28.8 Å². The molecule has 125 heavy (non-hydrogen) atoms. The number of phenolic OH excluding ortho intramolecular Hbond substituents is 1. The number of sulfone groups is 1. The number of ketones is 2. The fourth-order valence-corrected chi connectivity index (χ4v) is 16.7. The van der Waals surface area contributed by atoms with Crippen LogP contribution in [0.3, 0.4) is 0 Å². The summed E-state index contributed by atoms with van der Waals surface area (Å²) >= 11 is 0. The number of carbonyl (C=O) groups excluding carboxylic acids is 2. The Bertz CT molecular complexity index is 6530. The molecule has 0 spiro atoms.